The van der Waals surface area contributed by atoms with Crippen LogP contribution in [0.4, 0.5) is 5.69 Å². The molecule has 7 heteroatoms. The maximum absolute atomic E-state index is 12.1. The fourth-order valence-electron chi connectivity index (χ4n) is 2.28. The van der Waals surface area contributed by atoms with Crippen LogP contribution < -0.4 is 11.1 Å². The van der Waals surface area contributed by atoms with Crippen molar-refractivity contribution in [3.8, 4) is 0 Å². The summed E-state index contributed by atoms with van der Waals surface area (Å²) >= 11 is 0. The molecule has 1 aliphatic rings. The number of amides is 1. The summed E-state index contributed by atoms with van der Waals surface area (Å²) in [7, 11) is 2.11. The molecule has 2 unspecified atom stereocenters. The highest BCUT2D eigenvalue weighted by atomic mass is 35.5. The van der Waals surface area contributed by atoms with Crippen molar-refractivity contribution in [1.29, 1.82) is 0 Å². The van der Waals surface area contributed by atoms with Crippen molar-refractivity contribution in [2.75, 3.05) is 19.3 Å². The van der Waals surface area contributed by atoms with E-state index in [1.807, 2.05) is 0 Å². The Kier molecular flexibility index (Phi) is 7.86. The molecule has 0 radical (unpaired) electrons. The number of carbonyl (C=O) groups is 1. The molecule has 0 aliphatic carbocycles. The molecule has 1 aromatic rings. The maximum Gasteiger partial charge on any atom is 0.255 e. The van der Waals surface area contributed by atoms with E-state index in [2.05, 4.69) is 29.2 Å². The standard InChI is InChI=1S/C13H20N4O.2ClH/c1-9-7-10(4-6-17(9)2)16-13(18)11-8-15-5-3-12(11)14;;/h3,5,8-10H,4,6-7H2,1-2H3,(H2,14,15)(H,16,18);2*1H. The van der Waals surface area contributed by atoms with E-state index < -0.39 is 0 Å². The highest BCUT2D eigenvalue weighted by molar-refractivity contribution is 5.98. The van der Waals surface area contributed by atoms with E-state index in [-0.39, 0.29) is 36.8 Å². The van der Waals surface area contributed by atoms with Crippen LogP contribution in [0.1, 0.15) is 30.1 Å². The molecule has 5 nitrogen and oxygen atoms in total. The average molecular weight is 321 g/mol. The molecule has 2 atom stereocenters. The quantitative estimate of drug-likeness (QED) is 0.870. The minimum atomic E-state index is -0.123. The first-order valence-corrected chi connectivity index (χ1v) is 6.28. The van der Waals surface area contributed by atoms with E-state index in [4.69, 9.17) is 5.73 Å². The van der Waals surface area contributed by atoms with E-state index in [0.717, 1.165) is 19.4 Å². The molecule has 1 saturated heterocycles. The van der Waals surface area contributed by atoms with E-state index in [1.54, 1.807) is 12.3 Å². The maximum atomic E-state index is 12.1. The molecule has 3 N–H and O–H groups in total. The lowest BCUT2D eigenvalue weighted by molar-refractivity contribution is 0.0897. The zero-order valence-electron chi connectivity index (χ0n) is 11.7. The minimum absolute atomic E-state index is 0. The second-order valence-corrected chi connectivity index (χ2v) is 4.99. The Balaban J connectivity index is 0.00000180. The third-order valence-electron chi connectivity index (χ3n) is 3.64. The smallest absolute Gasteiger partial charge is 0.255 e. The van der Waals surface area contributed by atoms with Gasteiger partial charge in [-0.15, -0.1) is 24.8 Å². The van der Waals surface area contributed by atoms with Gasteiger partial charge in [-0.1, -0.05) is 0 Å². The number of hydrogen-bond donors (Lipinski definition) is 2. The molecule has 0 saturated carbocycles. The van der Waals surface area contributed by atoms with Crippen LogP contribution in [0.2, 0.25) is 0 Å². The highest BCUT2D eigenvalue weighted by Crippen LogP contribution is 2.16. The number of nitrogen functional groups attached to an aromatic ring is 1. The SMILES string of the molecule is CC1CC(NC(=O)c2cnccc2N)CCN1C.Cl.Cl. The van der Waals surface area contributed by atoms with Crippen LogP contribution in [-0.4, -0.2) is 41.5 Å². The van der Waals surface area contributed by atoms with E-state index in [0.29, 0.717) is 17.3 Å². The third kappa shape index (κ3) is 4.51. The number of pyridine rings is 1. The number of rotatable bonds is 2. The first-order valence-electron chi connectivity index (χ1n) is 6.28. The molecule has 114 valence electrons. The number of anilines is 1. The molecule has 1 aromatic heterocycles. The van der Waals surface area contributed by atoms with Crippen molar-refractivity contribution in [3.63, 3.8) is 0 Å². The summed E-state index contributed by atoms with van der Waals surface area (Å²) in [6.45, 7) is 3.19. The number of nitrogens with one attached hydrogen (secondary N) is 1. The number of nitrogens with zero attached hydrogens (tertiary/aromatic N) is 2. The number of piperidine rings is 1. The lowest BCUT2D eigenvalue weighted by Crippen LogP contribution is -2.47. The highest BCUT2D eigenvalue weighted by Gasteiger charge is 2.24. The van der Waals surface area contributed by atoms with Crippen LogP contribution in [0.5, 0.6) is 0 Å². The number of carbonyl (C=O) groups excluding carboxylic acids is 1. The lowest BCUT2D eigenvalue weighted by Gasteiger charge is -2.35. The first-order chi connectivity index (χ1) is 8.58. The zero-order chi connectivity index (χ0) is 13.1. The Morgan fingerprint density at radius 1 is 1.50 bits per heavy atom. The van der Waals surface area contributed by atoms with Gasteiger partial charge in [-0.3, -0.25) is 9.78 Å². The number of aromatic nitrogens is 1. The molecular weight excluding hydrogens is 299 g/mol. The molecule has 1 aliphatic heterocycles. The fourth-order valence-corrected chi connectivity index (χ4v) is 2.28. The van der Waals surface area contributed by atoms with Crippen molar-refractivity contribution in [2.24, 2.45) is 0 Å². The predicted octanol–water partition coefficient (Wildman–Crippen LogP) is 1.72. The normalized spacial score (nSPS) is 22.3. The van der Waals surface area contributed by atoms with E-state index in [1.165, 1.54) is 6.20 Å². The summed E-state index contributed by atoms with van der Waals surface area (Å²) in [4.78, 5) is 18.3. The van der Waals surface area contributed by atoms with Crippen LogP contribution in [0.25, 0.3) is 0 Å². The first kappa shape index (κ1) is 19.0. The molecule has 0 spiro atoms. The zero-order valence-corrected chi connectivity index (χ0v) is 13.3. The summed E-state index contributed by atoms with van der Waals surface area (Å²) in [5, 5.41) is 3.04. The van der Waals surface area contributed by atoms with Gasteiger partial charge < -0.3 is 16.0 Å². The minimum Gasteiger partial charge on any atom is -0.398 e. The van der Waals surface area contributed by atoms with Gasteiger partial charge in [0.15, 0.2) is 0 Å². The Labute approximate surface area is 132 Å². The van der Waals surface area contributed by atoms with Gasteiger partial charge in [0.1, 0.15) is 0 Å². The van der Waals surface area contributed by atoms with Crippen molar-refractivity contribution in [2.45, 2.75) is 31.8 Å². The second-order valence-electron chi connectivity index (χ2n) is 4.99. The number of hydrogen-bond acceptors (Lipinski definition) is 4. The summed E-state index contributed by atoms with van der Waals surface area (Å²) in [6, 6.07) is 2.37. The van der Waals surface area contributed by atoms with Gasteiger partial charge in [0.2, 0.25) is 0 Å². The molecule has 2 rings (SSSR count). The summed E-state index contributed by atoms with van der Waals surface area (Å²) in [5.74, 6) is -0.123. The van der Waals surface area contributed by atoms with Crippen LogP contribution in [0.3, 0.4) is 0 Å². The summed E-state index contributed by atoms with van der Waals surface area (Å²) in [6.07, 6.45) is 5.06. The topological polar surface area (TPSA) is 71.2 Å². The van der Waals surface area contributed by atoms with Gasteiger partial charge in [0, 0.05) is 36.7 Å². The van der Waals surface area contributed by atoms with Crippen LogP contribution >= 0.6 is 24.8 Å². The van der Waals surface area contributed by atoms with Gasteiger partial charge >= 0.3 is 0 Å². The van der Waals surface area contributed by atoms with Gasteiger partial charge in [-0.2, -0.15) is 0 Å². The van der Waals surface area contributed by atoms with E-state index in [9.17, 15) is 4.79 Å². The van der Waals surface area contributed by atoms with Crippen molar-refractivity contribution >= 4 is 36.4 Å². The number of likely N-dealkylation sites (tertiary alicyclic amines) is 1. The Hall–Kier alpha value is -1.04. The third-order valence-corrected chi connectivity index (χ3v) is 3.64. The van der Waals surface area contributed by atoms with Crippen molar-refractivity contribution in [3.05, 3.63) is 24.0 Å². The van der Waals surface area contributed by atoms with Crippen LogP contribution in [0.15, 0.2) is 18.5 Å². The van der Waals surface area contributed by atoms with Crippen LogP contribution in [-0.2, 0) is 0 Å². The Morgan fingerprint density at radius 2 is 2.20 bits per heavy atom. The number of halogens is 2. The van der Waals surface area contributed by atoms with Crippen LogP contribution in [0, 0.1) is 0 Å². The summed E-state index contributed by atoms with van der Waals surface area (Å²) in [5.41, 5.74) is 6.70. The predicted molar refractivity (Wildman–Crippen MR) is 85.7 cm³/mol. The van der Waals surface area contributed by atoms with Gasteiger partial charge in [-0.25, -0.2) is 0 Å². The largest absolute Gasteiger partial charge is 0.398 e. The number of nitrogens with two attached hydrogens (primary N) is 1. The monoisotopic (exact) mass is 320 g/mol. The Morgan fingerprint density at radius 3 is 2.80 bits per heavy atom. The second kappa shape index (κ2) is 8.29. The fraction of sp³-hybridized carbons (Fsp3) is 0.538. The van der Waals surface area contributed by atoms with E-state index >= 15 is 0 Å². The molecule has 0 bridgehead atoms. The lowest BCUT2D eigenvalue weighted by atomic mass is 9.98. The molecule has 1 fully saturated rings. The van der Waals surface area contributed by atoms with Gasteiger partial charge in [-0.05, 0) is 32.9 Å². The molecule has 20 heavy (non-hydrogen) atoms. The van der Waals surface area contributed by atoms with Gasteiger partial charge in [0.25, 0.3) is 5.91 Å². The molecule has 1 amide bonds. The van der Waals surface area contributed by atoms with Crippen molar-refractivity contribution < 1.29 is 4.79 Å². The summed E-state index contributed by atoms with van der Waals surface area (Å²) < 4.78 is 0. The van der Waals surface area contributed by atoms with Gasteiger partial charge in [0.05, 0.1) is 5.56 Å². The molecule has 2 heterocycles. The Bertz CT molecular complexity index is 444. The average Bonchev–Trinajstić information content (AvgIpc) is 2.34. The molecular formula is C13H22Cl2N4O. The molecule has 0 aromatic carbocycles. The van der Waals surface area contributed by atoms with Crippen molar-refractivity contribution in [1.82, 2.24) is 15.2 Å².